The van der Waals surface area contributed by atoms with Gasteiger partial charge in [0.05, 0.1) is 19.6 Å². The van der Waals surface area contributed by atoms with Crippen LogP contribution in [0, 0.1) is 5.92 Å². The number of nitrogens with zero attached hydrogens (tertiary/aromatic N) is 5. The van der Waals surface area contributed by atoms with E-state index in [2.05, 4.69) is 20.2 Å². The largest absolute Gasteiger partial charge is 0.466 e. The zero-order chi connectivity index (χ0) is 23.6. The lowest BCUT2D eigenvalue weighted by molar-refractivity contribution is -0.142. The van der Waals surface area contributed by atoms with Gasteiger partial charge in [-0.25, -0.2) is 14.8 Å². The second kappa shape index (κ2) is 12.0. The van der Waals surface area contributed by atoms with Crippen molar-refractivity contribution in [2.45, 2.75) is 27.2 Å². The van der Waals surface area contributed by atoms with Crippen LogP contribution in [0.2, 0.25) is 0 Å². The summed E-state index contributed by atoms with van der Waals surface area (Å²) in [5, 5.41) is 3.19. The number of esters is 1. The number of anilines is 2. The highest BCUT2D eigenvalue weighted by Crippen LogP contribution is 2.22. The molecule has 1 N–H and O–H groups in total. The third-order valence-corrected chi connectivity index (χ3v) is 4.95. The van der Waals surface area contributed by atoms with Crippen molar-refractivity contribution in [2.75, 3.05) is 56.2 Å². The number of carbonyl (C=O) groups is 2. The fourth-order valence-electron chi connectivity index (χ4n) is 3.27. The fraction of sp³-hybridized carbons (Fsp3) is 0.522. The molecule has 0 radical (unpaired) electrons. The van der Waals surface area contributed by atoms with Gasteiger partial charge in [-0.15, -0.1) is 0 Å². The van der Waals surface area contributed by atoms with E-state index >= 15 is 0 Å². The Hall–Kier alpha value is -3.43. The molecule has 10 nitrogen and oxygen atoms in total. The number of carbonyl (C=O) groups excluding carboxylic acids is 2. The minimum atomic E-state index is -0.276. The highest BCUT2D eigenvalue weighted by molar-refractivity contribution is 5.70. The Bertz CT molecular complexity index is 916. The number of amides is 1. The van der Waals surface area contributed by atoms with Gasteiger partial charge in [0, 0.05) is 45.0 Å². The van der Waals surface area contributed by atoms with Crippen molar-refractivity contribution in [2.24, 2.45) is 5.92 Å². The van der Waals surface area contributed by atoms with E-state index in [1.807, 2.05) is 38.1 Å². The summed E-state index contributed by atoms with van der Waals surface area (Å²) in [6, 6.07) is 7.42. The number of piperazine rings is 1. The number of ether oxygens (including phenoxy) is 2. The molecule has 0 spiro atoms. The fourth-order valence-corrected chi connectivity index (χ4v) is 3.27. The molecular formula is C23H32N6O4. The van der Waals surface area contributed by atoms with Crippen molar-refractivity contribution in [3.05, 3.63) is 30.5 Å². The van der Waals surface area contributed by atoms with Crippen LogP contribution in [0.15, 0.2) is 30.5 Å². The Balaban J connectivity index is 1.70. The lowest BCUT2D eigenvalue weighted by atomic mass is 10.2. The van der Waals surface area contributed by atoms with Gasteiger partial charge < -0.3 is 24.6 Å². The van der Waals surface area contributed by atoms with Crippen LogP contribution in [0.25, 0.3) is 11.5 Å². The molecule has 1 amide bonds. The predicted molar refractivity (Wildman–Crippen MR) is 125 cm³/mol. The van der Waals surface area contributed by atoms with Crippen LogP contribution >= 0.6 is 0 Å². The van der Waals surface area contributed by atoms with Crippen molar-refractivity contribution >= 4 is 23.7 Å². The standard InChI is InChI=1S/C23H32N6O4/c1-4-32-21(30)8-10-25-19-15-20(27-22(26-19)18-7-5-6-9-24-18)28-11-13-29(14-12-28)23(31)33-16-17(2)3/h5-7,9,15,17H,4,8,10-14,16H2,1-3H3,(H,25,26,27). The minimum Gasteiger partial charge on any atom is -0.466 e. The monoisotopic (exact) mass is 456 g/mol. The van der Waals surface area contributed by atoms with Gasteiger partial charge in [0.1, 0.15) is 17.3 Å². The topological polar surface area (TPSA) is 110 Å². The summed E-state index contributed by atoms with van der Waals surface area (Å²) >= 11 is 0. The van der Waals surface area contributed by atoms with Crippen LogP contribution < -0.4 is 10.2 Å². The second-order valence-electron chi connectivity index (χ2n) is 8.08. The van der Waals surface area contributed by atoms with E-state index in [0.717, 1.165) is 5.82 Å². The molecule has 178 valence electrons. The molecule has 0 atom stereocenters. The summed E-state index contributed by atoms with van der Waals surface area (Å²) in [6.07, 6.45) is 1.66. The molecule has 3 heterocycles. The first-order valence-corrected chi connectivity index (χ1v) is 11.3. The van der Waals surface area contributed by atoms with E-state index in [-0.39, 0.29) is 18.5 Å². The van der Waals surface area contributed by atoms with Crippen molar-refractivity contribution in [1.29, 1.82) is 0 Å². The van der Waals surface area contributed by atoms with Gasteiger partial charge in [-0.1, -0.05) is 19.9 Å². The Morgan fingerprint density at radius 2 is 1.91 bits per heavy atom. The van der Waals surface area contributed by atoms with Gasteiger partial charge in [0.15, 0.2) is 5.82 Å². The van der Waals surface area contributed by atoms with Crippen molar-refractivity contribution < 1.29 is 19.1 Å². The molecule has 1 aliphatic heterocycles. The average Bonchev–Trinajstić information content (AvgIpc) is 2.83. The molecule has 0 aliphatic carbocycles. The van der Waals surface area contributed by atoms with E-state index in [4.69, 9.17) is 14.5 Å². The van der Waals surface area contributed by atoms with Crippen molar-refractivity contribution in [3.63, 3.8) is 0 Å². The third kappa shape index (κ3) is 7.30. The molecular weight excluding hydrogens is 424 g/mol. The highest BCUT2D eigenvalue weighted by atomic mass is 16.6. The Morgan fingerprint density at radius 1 is 1.12 bits per heavy atom. The normalized spacial score (nSPS) is 13.7. The smallest absolute Gasteiger partial charge is 0.409 e. The zero-order valence-corrected chi connectivity index (χ0v) is 19.5. The molecule has 0 bridgehead atoms. The first-order chi connectivity index (χ1) is 16.0. The molecule has 33 heavy (non-hydrogen) atoms. The Morgan fingerprint density at radius 3 is 2.58 bits per heavy atom. The van der Waals surface area contributed by atoms with Crippen LogP contribution in [0.5, 0.6) is 0 Å². The summed E-state index contributed by atoms with van der Waals surface area (Å²) in [5.74, 6) is 1.87. The van der Waals surface area contributed by atoms with Crippen LogP contribution in [-0.4, -0.2) is 77.9 Å². The summed E-state index contributed by atoms with van der Waals surface area (Å²) in [5.41, 5.74) is 0.656. The van der Waals surface area contributed by atoms with E-state index in [9.17, 15) is 9.59 Å². The van der Waals surface area contributed by atoms with Gasteiger partial charge >= 0.3 is 12.1 Å². The molecule has 0 saturated carbocycles. The zero-order valence-electron chi connectivity index (χ0n) is 19.5. The summed E-state index contributed by atoms with van der Waals surface area (Å²) in [4.78, 5) is 41.4. The van der Waals surface area contributed by atoms with Crippen LogP contribution in [0.1, 0.15) is 27.2 Å². The third-order valence-electron chi connectivity index (χ3n) is 4.95. The van der Waals surface area contributed by atoms with E-state index < -0.39 is 0 Å². The predicted octanol–water partition coefficient (Wildman–Crippen LogP) is 2.82. The molecule has 3 rings (SSSR count). The second-order valence-corrected chi connectivity index (χ2v) is 8.08. The van der Waals surface area contributed by atoms with Crippen LogP contribution in [0.4, 0.5) is 16.4 Å². The van der Waals surface area contributed by atoms with Crippen LogP contribution in [0.3, 0.4) is 0 Å². The molecule has 1 fully saturated rings. The molecule has 10 heteroatoms. The lowest BCUT2D eigenvalue weighted by Crippen LogP contribution is -2.49. The van der Waals surface area contributed by atoms with Crippen LogP contribution in [-0.2, 0) is 14.3 Å². The molecule has 1 aliphatic rings. The minimum absolute atomic E-state index is 0.239. The maximum Gasteiger partial charge on any atom is 0.409 e. The van der Waals surface area contributed by atoms with Gasteiger partial charge in [0.25, 0.3) is 0 Å². The Labute approximate surface area is 194 Å². The van der Waals surface area contributed by atoms with Gasteiger partial charge in [-0.2, -0.15) is 0 Å². The lowest BCUT2D eigenvalue weighted by Gasteiger charge is -2.35. The van der Waals surface area contributed by atoms with Gasteiger partial charge in [0.2, 0.25) is 0 Å². The first-order valence-electron chi connectivity index (χ1n) is 11.3. The van der Waals surface area contributed by atoms with Crippen molar-refractivity contribution in [1.82, 2.24) is 19.9 Å². The number of rotatable bonds is 9. The van der Waals surface area contributed by atoms with E-state index in [1.165, 1.54) is 0 Å². The molecule has 2 aromatic heterocycles. The molecule has 1 saturated heterocycles. The van der Waals surface area contributed by atoms with Gasteiger partial charge in [-0.05, 0) is 25.0 Å². The number of aromatic nitrogens is 3. The summed E-state index contributed by atoms with van der Waals surface area (Å²) in [6.45, 7) is 9.32. The quantitative estimate of drug-likeness (QED) is 0.570. The molecule has 2 aromatic rings. The first kappa shape index (κ1) is 24.2. The molecule has 0 unspecified atom stereocenters. The summed E-state index contributed by atoms with van der Waals surface area (Å²) < 4.78 is 10.3. The van der Waals surface area contributed by atoms with Crippen molar-refractivity contribution in [3.8, 4) is 11.5 Å². The highest BCUT2D eigenvalue weighted by Gasteiger charge is 2.24. The maximum atomic E-state index is 12.3. The number of hydrogen-bond acceptors (Lipinski definition) is 9. The maximum absolute atomic E-state index is 12.3. The summed E-state index contributed by atoms with van der Waals surface area (Å²) in [7, 11) is 0. The van der Waals surface area contributed by atoms with Gasteiger partial charge in [-0.3, -0.25) is 9.78 Å². The Kier molecular flexibility index (Phi) is 8.79. The molecule has 0 aromatic carbocycles. The number of hydrogen-bond donors (Lipinski definition) is 1. The number of pyridine rings is 1. The SMILES string of the molecule is CCOC(=O)CCNc1cc(N2CCN(C(=O)OCC(C)C)CC2)nc(-c2ccccn2)n1. The van der Waals surface area contributed by atoms with E-state index in [0.29, 0.717) is 69.2 Å². The number of nitrogens with one attached hydrogen (secondary N) is 1. The average molecular weight is 457 g/mol. The van der Waals surface area contributed by atoms with E-state index in [1.54, 1.807) is 18.0 Å².